The minimum absolute atomic E-state index is 0.0223. The van der Waals surface area contributed by atoms with Gasteiger partial charge in [0, 0.05) is 24.7 Å². The lowest BCUT2D eigenvalue weighted by molar-refractivity contribution is 0.322. The van der Waals surface area contributed by atoms with Crippen molar-refractivity contribution >= 4 is 5.82 Å². The van der Waals surface area contributed by atoms with Gasteiger partial charge in [-0.25, -0.2) is 9.37 Å². The number of anilines is 1. The smallest absolute Gasteiger partial charge is 0.260 e. The molecular weight excluding hydrogens is 427 g/mol. The Balaban J connectivity index is 1.45. The first kappa shape index (κ1) is 21.1. The van der Waals surface area contributed by atoms with Crippen molar-refractivity contribution in [1.29, 1.82) is 5.26 Å². The van der Waals surface area contributed by atoms with Crippen LogP contribution in [0.3, 0.4) is 0 Å². The van der Waals surface area contributed by atoms with E-state index in [1.165, 1.54) is 49.8 Å². The largest absolute Gasteiger partial charge is 0.356 e. The molecule has 6 heteroatoms. The van der Waals surface area contributed by atoms with Crippen molar-refractivity contribution in [3.05, 3.63) is 75.8 Å². The Kier molecular flexibility index (Phi) is 5.21. The van der Waals surface area contributed by atoms with Gasteiger partial charge >= 0.3 is 0 Å². The molecule has 2 aromatic carbocycles. The molecule has 1 aliphatic heterocycles. The highest BCUT2D eigenvalue weighted by Crippen LogP contribution is 2.41. The molecule has 2 unspecified atom stereocenters. The fraction of sp³-hybridized carbons (Fsp3) is 0.393. The van der Waals surface area contributed by atoms with Gasteiger partial charge in [-0.2, -0.15) is 5.26 Å². The number of aromatic nitrogens is 2. The monoisotopic (exact) mass is 454 g/mol. The third-order valence-electron chi connectivity index (χ3n) is 7.82. The zero-order chi connectivity index (χ0) is 23.2. The quantitative estimate of drug-likeness (QED) is 0.529. The summed E-state index contributed by atoms with van der Waals surface area (Å²) in [6, 6.07) is 16.0. The summed E-state index contributed by atoms with van der Waals surface area (Å²) < 4.78 is 16.1. The van der Waals surface area contributed by atoms with Gasteiger partial charge in [-0.05, 0) is 79.3 Å². The van der Waals surface area contributed by atoms with Crippen LogP contribution in [0.4, 0.5) is 10.2 Å². The van der Waals surface area contributed by atoms with Crippen molar-refractivity contribution in [2.24, 2.45) is 11.8 Å². The maximum Gasteiger partial charge on any atom is 0.260 e. The molecule has 2 atom stereocenters. The van der Waals surface area contributed by atoms with E-state index in [9.17, 15) is 9.18 Å². The molecule has 0 amide bonds. The molecule has 0 N–H and O–H groups in total. The van der Waals surface area contributed by atoms with Crippen LogP contribution in [0.2, 0.25) is 0 Å². The van der Waals surface area contributed by atoms with Gasteiger partial charge < -0.3 is 4.90 Å². The molecule has 3 aliphatic rings. The van der Waals surface area contributed by atoms with E-state index < -0.39 is 5.82 Å². The highest BCUT2D eigenvalue weighted by atomic mass is 19.1. The molecule has 2 heterocycles. The van der Waals surface area contributed by atoms with Crippen LogP contribution in [-0.2, 0) is 0 Å². The summed E-state index contributed by atoms with van der Waals surface area (Å²) in [5.41, 5.74) is 2.27. The van der Waals surface area contributed by atoms with Crippen LogP contribution in [0.5, 0.6) is 0 Å². The third kappa shape index (κ3) is 3.79. The van der Waals surface area contributed by atoms with E-state index in [-0.39, 0.29) is 11.1 Å². The number of nitrogens with zero attached hydrogens (tertiary/aromatic N) is 4. The molecular formula is C28H27FN4O. The first-order valence-corrected chi connectivity index (χ1v) is 12.3. The van der Waals surface area contributed by atoms with Crippen LogP contribution in [0.25, 0.3) is 17.1 Å². The highest BCUT2D eigenvalue weighted by Gasteiger charge is 2.33. The number of hydrogen-bond acceptors (Lipinski definition) is 4. The Morgan fingerprint density at radius 3 is 2.50 bits per heavy atom. The normalized spacial score (nSPS) is 21.8. The van der Waals surface area contributed by atoms with Crippen molar-refractivity contribution in [1.82, 2.24) is 9.55 Å². The highest BCUT2D eigenvalue weighted by molar-refractivity contribution is 5.62. The van der Waals surface area contributed by atoms with Crippen LogP contribution >= 0.6 is 0 Å². The molecule has 0 spiro atoms. The Morgan fingerprint density at radius 2 is 1.76 bits per heavy atom. The lowest BCUT2D eigenvalue weighted by Gasteiger charge is -2.36. The second-order valence-corrected chi connectivity index (χ2v) is 9.97. The molecule has 0 radical (unpaired) electrons. The maximum absolute atomic E-state index is 14.6. The van der Waals surface area contributed by atoms with Gasteiger partial charge in [-0.15, -0.1) is 0 Å². The van der Waals surface area contributed by atoms with E-state index in [1.807, 2.05) is 18.2 Å². The second-order valence-electron chi connectivity index (χ2n) is 9.97. The molecule has 0 bridgehead atoms. The average Bonchev–Trinajstić information content (AvgIpc) is 3.60. The summed E-state index contributed by atoms with van der Waals surface area (Å²) in [5, 5.41) is 9.15. The van der Waals surface area contributed by atoms with Crippen molar-refractivity contribution < 1.29 is 4.39 Å². The summed E-state index contributed by atoms with van der Waals surface area (Å²) in [4.78, 5) is 20.6. The summed E-state index contributed by atoms with van der Waals surface area (Å²) in [7, 11) is 0. The van der Waals surface area contributed by atoms with Crippen LogP contribution in [0.15, 0.2) is 53.3 Å². The van der Waals surface area contributed by atoms with E-state index >= 15 is 0 Å². The van der Waals surface area contributed by atoms with Gasteiger partial charge in [0.25, 0.3) is 5.56 Å². The zero-order valence-corrected chi connectivity index (χ0v) is 19.1. The molecule has 34 heavy (non-hydrogen) atoms. The Labute approximate surface area is 198 Å². The molecule has 1 saturated heterocycles. The number of fused-ring (bicyclic) bond motifs is 1. The predicted octanol–water partition coefficient (Wildman–Crippen LogP) is 5.41. The fourth-order valence-electron chi connectivity index (χ4n) is 5.77. The van der Waals surface area contributed by atoms with E-state index in [0.717, 1.165) is 25.4 Å². The van der Waals surface area contributed by atoms with Crippen LogP contribution < -0.4 is 10.5 Å². The van der Waals surface area contributed by atoms with Crippen molar-refractivity contribution in [2.75, 3.05) is 18.0 Å². The van der Waals surface area contributed by atoms with Crippen molar-refractivity contribution in [3.63, 3.8) is 0 Å². The molecule has 2 aliphatic carbocycles. The lowest BCUT2D eigenvalue weighted by Crippen LogP contribution is -2.40. The Hall–Kier alpha value is -3.46. The first-order valence-electron chi connectivity index (χ1n) is 12.3. The van der Waals surface area contributed by atoms with Crippen molar-refractivity contribution in [2.45, 2.75) is 44.4 Å². The number of piperidine rings is 1. The summed E-state index contributed by atoms with van der Waals surface area (Å²) in [6.07, 6.45) is 7.37. The van der Waals surface area contributed by atoms with E-state index in [0.29, 0.717) is 34.7 Å². The van der Waals surface area contributed by atoms with E-state index in [2.05, 4.69) is 17.0 Å². The molecule has 6 rings (SSSR count). The Bertz CT molecular complexity index is 1340. The first-order chi connectivity index (χ1) is 16.6. The van der Waals surface area contributed by atoms with Gasteiger partial charge in [0.1, 0.15) is 23.5 Å². The maximum atomic E-state index is 14.6. The van der Waals surface area contributed by atoms with Gasteiger partial charge in [-0.1, -0.05) is 25.0 Å². The third-order valence-corrected chi connectivity index (χ3v) is 7.82. The minimum atomic E-state index is -0.609. The minimum Gasteiger partial charge on any atom is -0.356 e. The van der Waals surface area contributed by atoms with E-state index in [4.69, 9.17) is 10.2 Å². The summed E-state index contributed by atoms with van der Waals surface area (Å²) in [5.74, 6) is 2.51. The number of halogens is 1. The molecule has 3 aromatic rings. The number of benzene rings is 2. The predicted molar refractivity (Wildman–Crippen MR) is 130 cm³/mol. The van der Waals surface area contributed by atoms with Crippen LogP contribution in [0.1, 0.15) is 55.6 Å². The van der Waals surface area contributed by atoms with E-state index in [1.54, 1.807) is 16.7 Å². The average molecular weight is 455 g/mol. The second kappa shape index (κ2) is 8.39. The van der Waals surface area contributed by atoms with Gasteiger partial charge in [-0.3, -0.25) is 9.36 Å². The number of hydrogen-bond donors (Lipinski definition) is 0. The van der Waals surface area contributed by atoms with Crippen LogP contribution in [0, 0.1) is 29.0 Å². The van der Waals surface area contributed by atoms with Gasteiger partial charge in [0.15, 0.2) is 0 Å². The molecule has 5 nitrogen and oxygen atoms in total. The topological polar surface area (TPSA) is 61.9 Å². The summed E-state index contributed by atoms with van der Waals surface area (Å²) in [6.45, 7) is 1.80. The Morgan fingerprint density at radius 1 is 0.971 bits per heavy atom. The zero-order valence-electron chi connectivity index (χ0n) is 19.1. The van der Waals surface area contributed by atoms with Crippen molar-refractivity contribution in [3.8, 4) is 23.1 Å². The SMILES string of the molecule is N#Cc1ccc(-c2nc(N3CCC4CCCC4C3)cc(=O)n2-c2ccc(C3CC3)cc2)cc1F. The lowest BCUT2D eigenvalue weighted by atomic mass is 9.89. The number of nitriles is 1. The van der Waals surface area contributed by atoms with Gasteiger partial charge in [0.05, 0.1) is 11.3 Å². The summed E-state index contributed by atoms with van der Waals surface area (Å²) >= 11 is 0. The van der Waals surface area contributed by atoms with Crippen LogP contribution in [-0.4, -0.2) is 22.6 Å². The number of rotatable bonds is 4. The molecule has 172 valence electrons. The fourth-order valence-corrected chi connectivity index (χ4v) is 5.77. The standard InChI is InChI=1S/C28H27FN4O/c29-25-14-21(6-7-22(25)16-30)28-31-26(32-13-12-18-2-1-3-23(18)17-32)15-27(34)33(28)24-10-8-20(9-11-24)19-4-5-19/h6-11,14-15,18-19,23H,1-5,12-13,17H2. The van der Waals surface area contributed by atoms with Gasteiger partial charge in [0.2, 0.25) is 0 Å². The molecule has 1 aromatic heterocycles. The molecule has 3 fully saturated rings. The molecule has 2 saturated carbocycles.